The van der Waals surface area contributed by atoms with Crippen molar-refractivity contribution in [3.8, 4) is 0 Å². The molecule has 4 heteroatoms. The third kappa shape index (κ3) is 4.62. The molecule has 0 saturated heterocycles. The molecule has 1 aliphatic rings. The molecule has 2 atom stereocenters. The Labute approximate surface area is 120 Å². The van der Waals surface area contributed by atoms with Crippen molar-refractivity contribution in [3.63, 3.8) is 0 Å². The van der Waals surface area contributed by atoms with Gasteiger partial charge in [-0.2, -0.15) is 0 Å². The number of rotatable bonds is 5. The van der Waals surface area contributed by atoms with Gasteiger partial charge < -0.3 is 15.2 Å². The molecule has 1 aromatic rings. The zero-order valence-corrected chi connectivity index (χ0v) is 12.0. The zero-order valence-electron chi connectivity index (χ0n) is 12.0. The van der Waals surface area contributed by atoms with Gasteiger partial charge >= 0.3 is 0 Å². The molecule has 1 aromatic carbocycles. The second-order valence-corrected chi connectivity index (χ2v) is 5.61. The lowest BCUT2D eigenvalue weighted by Gasteiger charge is -2.26. The van der Waals surface area contributed by atoms with Gasteiger partial charge in [0.2, 0.25) is 5.91 Å². The quantitative estimate of drug-likeness (QED) is 0.870. The van der Waals surface area contributed by atoms with Gasteiger partial charge in [-0.1, -0.05) is 31.9 Å². The monoisotopic (exact) mass is 277 g/mol. The largest absolute Gasteiger partial charge is 0.387 e. The van der Waals surface area contributed by atoms with Crippen LogP contribution in [0.2, 0.25) is 0 Å². The molecule has 2 N–H and O–H groups in total. The van der Waals surface area contributed by atoms with Crippen LogP contribution >= 0.6 is 0 Å². The number of carbonyl (C=O) groups excluding carboxylic acids is 1. The Balaban J connectivity index is 1.86. The minimum Gasteiger partial charge on any atom is -0.387 e. The normalized spacial score (nSPS) is 22.5. The molecule has 20 heavy (non-hydrogen) atoms. The number of carbonyl (C=O) groups is 1. The van der Waals surface area contributed by atoms with Crippen molar-refractivity contribution >= 4 is 11.6 Å². The first kappa shape index (κ1) is 15.0. The Morgan fingerprint density at radius 3 is 3.05 bits per heavy atom. The number of hydrogen-bond donors (Lipinski definition) is 2. The summed E-state index contributed by atoms with van der Waals surface area (Å²) in [4.78, 5) is 11.1. The SMILES string of the molecule is C[C@H]1CCC[C@@H](OCc2cccc(NC(=O)CO)c2)C1. The average molecular weight is 277 g/mol. The van der Waals surface area contributed by atoms with E-state index in [-0.39, 0.29) is 0 Å². The Kier molecular flexibility index (Phi) is 5.56. The number of ether oxygens (including phenoxy) is 1. The van der Waals surface area contributed by atoms with Gasteiger partial charge in [-0.3, -0.25) is 4.79 Å². The lowest BCUT2D eigenvalue weighted by molar-refractivity contribution is -0.118. The summed E-state index contributed by atoms with van der Waals surface area (Å²) in [6, 6.07) is 7.57. The zero-order chi connectivity index (χ0) is 14.4. The van der Waals surface area contributed by atoms with E-state index in [9.17, 15) is 4.79 Å². The fourth-order valence-corrected chi connectivity index (χ4v) is 2.68. The fraction of sp³-hybridized carbons (Fsp3) is 0.562. The predicted octanol–water partition coefficient (Wildman–Crippen LogP) is 2.71. The van der Waals surface area contributed by atoms with Crippen molar-refractivity contribution in [3.05, 3.63) is 29.8 Å². The van der Waals surface area contributed by atoms with E-state index < -0.39 is 12.5 Å². The van der Waals surface area contributed by atoms with Crippen LogP contribution in [0.4, 0.5) is 5.69 Å². The standard InChI is InChI=1S/C16H23NO3/c1-12-4-2-7-15(8-12)20-11-13-5-3-6-14(9-13)17-16(19)10-18/h3,5-6,9,12,15,18H,2,4,7-8,10-11H2,1H3,(H,17,19)/t12-,15+/m0/s1. The highest BCUT2D eigenvalue weighted by atomic mass is 16.5. The molecule has 110 valence electrons. The van der Waals surface area contributed by atoms with Crippen LogP contribution in [0.5, 0.6) is 0 Å². The lowest BCUT2D eigenvalue weighted by atomic mass is 9.89. The average Bonchev–Trinajstić information content (AvgIpc) is 2.45. The molecule has 0 radical (unpaired) electrons. The van der Waals surface area contributed by atoms with Gasteiger partial charge in [0.1, 0.15) is 6.61 Å². The van der Waals surface area contributed by atoms with Crippen LogP contribution in [-0.4, -0.2) is 23.7 Å². The van der Waals surface area contributed by atoms with E-state index in [1.807, 2.05) is 18.2 Å². The molecule has 4 nitrogen and oxygen atoms in total. The third-order valence-electron chi connectivity index (χ3n) is 3.73. The first-order chi connectivity index (χ1) is 9.67. The highest BCUT2D eigenvalue weighted by Crippen LogP contribution is 2.26. The number of aliphatic hydroxyl groups excluding tert-OH is 1. The Bertz CT molecular complexity index is 447. The molecule has 0 aliphatic heterocycles. The predicted molar refractivity (Wildman–Crippen MR) is 78.4 cm³/mol. The molecule has 0 aromatic heterocycles. The van der Waals surface area contributed by atoms with E-state index in [2.05, 4.69) is 12.2 Å². The second-order valence-electron chi connectivity index (χ2n) is 5.61. The van der Waals surface area contributed by atoms with Crippen LogP contribution in [0, 0.1) is 5.92 Å². The van der Waals surface area contributed by atoms with Crippen molar-refractivity contribution in [2.75, 3.05) is 11.9 Å². The molecule has 0 bridgehead atoms. The Hall–Kier alpha value is -1.39. The number of anilines is 1. The maximum atomic E-state index is 11.1. The molecule has 2 rings (SSSR count). The number of amides is 1. The third-order valence-corrected chi connectivity index (χ3v) is 3.73. The van der Waals surface area contributed by atoms with E-state index in [0.29, 0.717) is 18.4 Å². The van der Waals surface area contributed by atoms with Gasteiger partial charge in [0.05, 0.1) is 12.7 Å². The summed E-state index contributed by atoms with van der Waals surface area (Å²) in [5, 5.41) is 11.4. The van der Waals surface area contributed by atoms with E-state index in [0.717, 1.165) is 24.3 Å². The van der Waals surface area contributed by atoms with Gasteiger partial charge in [-0.05, 0) is 36.5 Å². The minimum absolute atomic E-state index is 0.356. The first-order valence-electron chi connectivity index (χ1n) is 7.28. The summed E-state index contributed by atoms with van der Waals surface area (Å²) in [6.45, 7) is 2.35. The molecule has 0 spiro atoms. The maximum Gasteiger partial charge on any atom is 0.250 e. The summed E-state index contributed by atoms with van der Waals surface area (Å²) in [7, 11) is 0. The van der Waals surface area contributed by atoms with E-state index >= 15 is 0 Å². The molecule has 0 heterocycles. The highest BCUT2D eigenvalue weighted by Gasteiger charge is 2.19. The smallest absolute Gasteiger partial charge is 0.250 e. The van der Waals surface area contributed by atoms with Crippen LogP contribution in [0.1, 0.15) is 38.2 Å². The van der Waals surface area contributed by atoms with Crippen LogP contribution < -0.4 is 5.32 Å². The van der Waals surface area contributed by atoms with Gasteiger partial charge in [-0.15, -0.1) is 0 Å². The van der Waals surface area contributed by atoms with Gasteiger partial charge in [0, 0.05) is 5.69 Å². The summed E-state index contributed by atoms with van der Waals surface area (Å²) in [5.41, 5.74) is 1.74. The Morgan fingerprint density at radius 1 is 1.45 bits per heavy atom. The molecular formula is C16H23NO3. The van der Waals surface area contributed by atoms with Crippen LogP contribution in [-0.2, 0) is 16.1 Å². The molecule has 1 saturated carbocycles. The van der Waals surface area contributed by atoms with Gasteiger partial charge in [0.25, 0.3) is 0 Å². The van der Waals surface area contributed by atoms with Crippen molar-refractivity contribution in [1.29, 1.82) is 0 Å². The topological polar surface area (TPSA) is 58.6 Å². The molecule has 1 amide bonds. The van der Waals surface area contributed by atoms with Crippen LogP contribution in [0.3, 0.4) is 0 Å². The molecular weight excluding hydrogens is 254 g/mol. The second kappa shape index (κ2) is 7.41. The molecule has 0 unspecified atom stereocenters. The number of aliphatic hydroxyl groups is 1. The van der Waals surface area contributed by atoms with Crippen LogP contribution in [0.15, 0.2) is 24.3 Å². The first-order valence-corrected chi connectivity index (χ1v) is 7.28. The number of hydrogen-bond acceptors (Lipinski definition) is 3. The van der Waals surface area contributed by atoms with Crippen molar-refractivity contribution in [2.45, 2.75) is 45.3 Å². The van der Waals surface area contributed by atoms with E-state index in [1.165, 1.54) is 12.8 Å². The maximum absolute atomic E-state index is 11.1. The summed E-state index contributed by atoms with van der Waals surface area (Å²) in [6.07, 6.45) is 5.20. The summed E-state index contributed by atoms with van der Waals surface area (Å²) in [5.74, 6) is 0.355. The minimum atomic E-state index is -0.499. The number of nitrogens with one attached hydrogen (secondary N) is 1. The van der Waals surface area contributed by atoms with Crippen molar-refractivity contribution in [2.24, 2.45) is 5.92 Å². The molecule has 1 aliphatic carbocycles. The number of benzene rings is 1. The molecule has 1 fully saturated rings. The van der Waals surface area contributed by atoms with Gasteiger partial charge in [-0.25, -0.2) is 0 Å². The summed E-state index contributed by atoms with van der Waals surface area (Å²) < 4.78 is 5.96. The lowest BCUT2D eigenvalue weighted by Crippen LogP contribution is -2.21. The van der Waals surface area contributed by atoms with E-state index in [1.54, 1.807) is 6.07 Å². The van der Waals surface area contributed by atoms with Crippen LogP contribution in [0.25, 0.3) is 0 Å². The Morgan fingerprint density at radius 2 is 2.30 bits per heavy atom. The van der Waals surface area contributed by atoms with Gasteiger partial charge in [0.15, 0.2) is 0 Å². The highest BCUT2D eigenvalue weighted by molar-refractivity contribution is 5.91. The van der Waals surface area contributed by atoms with E-state index in [4.69, 9.17) is 9.84 Å². The van der Waals surface area contributed by atoms with Crippen molar-refractivity contribution < 1.29 is 14.6 Å². The fourth-order valence-electron chi connectivity index (χ4n) is 2.68. The summed E-state index contributed by atoms with van der Waals surface area (Å²) >= 11 is 0. The van der Waals surface area contributed by atoms with Crippen molar-refractivity contribution in [1.82, 2.24) is 0 Å².